The SMILES string of the molecule is CCC=COS(O)(=S)=S. The van der Waals surface area contributed by atoms with Crippen LogP contribution in [0.15, 0.2) is 12.3 Å². The van der Waals surface area contributed by atoms with Gasteiger partial charge in [0.25, 0.3) is 0 Å². The standard InChI is InChI=1S/C4H8O2S3/c1-2-3-4-6-9(5,7)8/h3-4H,2H2,1H3,(H,5,7,8). The van der Waals surface area contributed by atoms with Crippen molar-refractivity contribution >= 4 is 30.1 Å². The molecule has 0 radical (unpaired) electrons. The molecular formula is C4H8O2S3. The molecule has 2 nitrogen and oxygen atoms in total. The van der Waals surface area contributed by atoms with E-state index in [1.54, 1.807) is 6.08 Å². The van der Waals surface area contributed by atoms with Crippen LogP contribution < -0.4 is 0 Å². The number of hydrogen-bond donors (Lipinski definition) is 1. The van der Waals surface area contributed by atoms with E-state index in [9.17, 15) is 0 Å². The summed E-state index contributed by atoms with van der Waals surface area (Å²) < 4.78 is 13.2. The molecule has 9 heavy (non-hydrogen) atoms. The molecule has 0 aliphatic heterocycles. The van der Waals surface area contributed by atoms with E-state index in [0.29, 0.717) is 0 Å². The molecule has 54 valence electrons. The second-order valence-electron chi connectivity index (χ2n) is 1.30. The smallest absolute Gasteiger partial charge is 0.179 e. The summed E-state index contributed by atoms with van der Waals surface area (Å²) in [4.78, 5) is 0. The van der Waals surface area contributed by atoms with Crippen molar-refractivity contribution in [1.82, 2.24) is 0 Å². The van der Waals surface area contributed by atoms with Crippen molar-refractivity contribution < 1.29 is 8.74 Å². The second kappa shape index (κ2) is 4.16. The van der Waals surface area contributed by atoms with Crippen LogP contribution in [0.4, 0.5) is 0 Å². The first-order chi connectivity index (χ1) is 4.06. The molecule has 0 bridgehead atoms. The third-order valence-corrected chi connectivity index (χ3v) is 1.33. The Morgan fingerprint density at radius 3 is 2.56 bits per heavy atom. The van der Waals surface area contributed by atoms with E-state index in [2.05, 4.69) is 26.6 Å². The van der Waals surface area contributed by atoms with Crippen LogP contribution in [-0.2, 0) is 34.3 Å². The number of rotatable bonds is 3. The van der Waals surface area contributed by atoms with Crippen molar-refractivity contribution in [3.63, 3.8) is 0 Å². The summed E-state index contributed by atoms with van der Waals surface area (Å²) in [6.45, 7) is 1.95. The molecule has 1 N–H and O–H groups in total. The van der Waals surface area contributed by atoms with Crippen LogP contribution in [0.5, 0.6) is 0 Å². The highest BCUT2D eigenvalue weighted by molar-refractivity contribution is 8.51. The Hall–Kier alpha value is 0.290. The summed E-state index contributed by atoms with van der Waals surface area (Å²) >= 11 is 8.76. The predicted octanol–water partition coefficient (Wildman–Crippen LogP) is 1.39. The molecule has 0 saturated heterocycles. The van der Waals surface area contributed by atoms with Crippen LogP contribution in [0.25, 0.3) is 0 Å². The molecule has 0 fully saturated rings. The summed E-state index contributed by atoms with van der Waals surface area (Å²) in [6, 6.07) is 0. The largest absolute Gasteiger partial charge is 0.409 e. The number of hydrogen-bond acceptors (Lipinski definition) is 3. The molecule has 0 unspecified atom stereocenters. The average molecular weight is 184 g/mol. The molecule has 0 aliphatic carbocycles. The van der Waals surface area contributed by atoms with Gasteiger partial charge in [0.2, 0.25) is 0 Å². The van der Waals surface area contributed by atoms with Gasteiger partial charge in [-0.15, -0.1) is 0 Å². The van der Waals surface area contributed by atoms with E-state index >= 15 is 0 Å². The normalized spacial score (nSPS) is 12.2. The van der Waals surface area contributed by atoms with Gasteiger partial charge < -0.3 is 4.18 Å². The van der Waals surface area contributed by atoms with Crippen molar-refractivity contribution in [2.75, 3.05) is 0 Å². The van der Waals surface area contributed by atoms with Crippen LogP contribution in [0.1, 0.15) is 13.3 Å². The third kappa shape index (κ3) is 8.29. The highest BCUT2D eigenvalue weighted by Crippen LogP contribution is 1.90. The molecule has 0 aromatic carbocycles. The molecule has 0 aromatic heterocycles. The molecule has 0 amide bonds. The first kappa shape index (κ1) is 9.29. The van der Waals surface area contributed by atoms with Crippen molar-refractivity contribution in [3.8, 4) is 0 Å². The van der Waals surface area contributed by atoms with Gasteiger partial charge in [0, 0.05) is 22.4 Å². The molecule has 0 spiro atoms. The van der Waals surface area contributed by atoms with Crippen molar-refractivity contribution in [3.05, 3.63) is 12.3 Å². The molecule has 5 heteroatoms. The van der Waals surface area contributed by atoms with Crippen LogP contribution in [-0.4, -0.2) is 4.55 Å². The molecular weight excluding hydrogens is 176 g/mol. The second-order valence-corrected chi connectivity index (χ2v) is 5.70. The zero-order valence-corrected chi connectivity index (χ0v) is 7.39. The van der Waals surface area contributed by atoms with Gasteiger partial charge in [-0.05, 0) is 12.5 Å². The third-order valence-electron chi connectivity index (χ3n) is 0.509. The maximum absolute atomic E-state index is 8.68. The van der Waals surface area contributed by atoms with Crippen molar-refractivity contribution in [1.29, 1.82) is 0 Å². The number of allylic oxidation sites excluding steroid dienone is 1. The van der Waals surface area contributed by atoms with Gasteiger partial charge in [-0.2, -0.15) is 0 Å². The monoisotopic (exact) mass is 184 g/mol. The van der Waals surface area contributed by atoms with Crippen LogP contribution in [0.2, 0.25) is 0 Å². The molecule has 0 saturated carbocycles. The highest BCUT2D eigenvalue weighted by atomic mass is 33.1. The first-order valence-corrected chi connectivity index (χ1v) is 5.73. The minimum Gasteiger partial charge on any atom is -0.409 e. The Balaban J connectivity index is 3.65. The molecule has 0 aromatic rings. The Morgan fingerprint density at radius 1 is 1.67 bits per heavy atom. The summed E-state index contributed by atoms with van der Waals surface area (Å²) in [5.41, 5.74) is 0. The lowest BCUT2D eigenvalue weighted by Crippen LogP contribution is -1.92. The van der Waals surface area contributed by atoms with Crippen molar-refractivity contribution in [2.45, 2.75) is 13.3 Å². The maximum atomic E-state index is 8.68. The Labute approximate surface area is 64.7 Å². The minimum atomic E-state index is -2.62. The van der Waals surface area contributed by atoms with E-state index in [-0.39, 0.29) is 0 Å². The lowest BCUT2D eigenvalue weighted by molar-refractivity contribution is 0.475. The summed E-state index contributed by atoms with van der Waals surface area (Å²) in [6.07, 6.45) is 3.92. The molecule has 0 atom stereocenters. The summed E-state index contributed by atoms with van der Waals surface area (Å²) in [5.74, 6) is 0. The summed E-state index contributed by atoms with van der Waals surface area (Å²) in [7, 11) is -2.62. The van der Waals surface area contributed by atoms with Gasteiger partial charge >= 0.3 is 0 Å². The van der Waals surface area contributed by atoms with Crippen LogP contribution >= 0.6 is 0 Å². The fraction of sp³-hybridized carbons (Fsp3) is 0.500. The quantitative estimate of drug-likeness (QED) is 0.671. The van der Waals surface area contributed by atoms with Gasteiger partial charge in [0.1, 0.15) is 6.26 Å². The minimum absolute atomic E-state index is 0.847. The topological polar surface area (TPSA) is 29.5 Å². The first-order valence-electron chi connectivity index (χ1n) is 2.37. The van der Waals surface area contributed by atoms with Gasteiger partial charge in [-0.25, -0.2) is 0 Å². The van der Waals surface area contributed by atoms with Crippen molar-refractivity contribution in [2.24, 2.45) is 0 Å². The zero-order chi connectivity index (χ0) is 7.33. The fourth-order valence-corrected chi connectivity index (χ4v) is 0.697. The lowest BCUT2D eigenvalue weighted by atomic mass is 10.5. The van der Waals surface area contributed by atoms with Gasteiger partial charge in [-0.1, -0.05) is 6.92 Å². The summed E-state index contributed by atoms with van der Waals surface area (Å²) in [5, 5.41) is 0. The Morgan fingerprint density at radius 2 is 2.22 bits per heavy atom. The van der Waals surface area contributed by atoms with Gasteiger partial charge in [-0.3, -0.25) is 4.55 Å². The highest BCUT2D eigenvalue weighted by Gasteiger charge is 1.86. The predicted molar refractivity (Wildman–Crippen MR) is 45.2 cm³/mol. The Kier molecular flexibility index (Phi) is 4.29. The van der Waals surface area contributed by atoms with Gasteiger partial charge in [0.05, 0.1) is 0 Å². The average Bonchev–Trinajstić information content (AvgIpc) is 1.63. The lowest BCUT2D eigenvalue weighted by Gasteiger charge is -1.97. The van der Waals surface area contributed by atoms with Crippen LogP contribution in [0.3, 0.4) is 0 Å². The van der Waals surface area contributed by atoms with E-state index in [4.69, 9.17) is 4.55 Å². The van der Waals surface area contributed by atoms with E-state index in [0.717, 1.165) is 6.42 Å². The van der Waals surface area contributed by atoms with E-state index < -0.39 is 7.71 Å². The molecule has 0 aliphatic rings. The molecule has 0 heterocycles. The van der Waals surface area contributed by atoms with E-state index in [1.165, 1.54) is 6.26 Å². The fourth-order valence-electron chi connectivity index (χ4n) is 0.206. The Bertz CT molecular complexity index is 180. The molecule has 0 rings (SSSR count). The van der Waals surface area contributed by atoms with E-state index in [1.807, 2.05) is 6.92 Å². The zero-order valence-electron chi connectivity index (χ0n) is 4.94. The van der Waals surface area contributed by atoms with Crippen LogP contribution in [0, 0.1) is 0 Å². The van der Waals surface area contributed by atoms with Gasteiger partial charge in [0.15, 0.2) is 7.71 Å². The maximum Gasteiger partial charge on any atom is 0.179 e.